The van der Waals surface area contributed by atoms with Crippen LogP contribution in [0.5, 0.6) is 11.5 Å². The van der Waals surface area contributed by atoms with Crippen LogP contribution in [0.1, 0.15) is 31.7 Å². The molecular weight excluding hydrogens is 326 g/mol. The van der Waals surface area contributed by atoms with Gasteiger partial charge in [0.1, 0.15) is 24.2 Å². The molecule has 2 aromatic carbocycles. The van der Waals surface area contributed by atoms with Crippen LogP contribution in [0.4, 0.5) is 5.69 Å². The van der Waals surface area contributed by atoms with Gasteiger partial charge in [-0.15, -0.1) is 0 Å². The molecular formula is C22H29NO3. The minimum Gasteiger partial charge on any atom is -0.489 e. The zero-order valence-electron chi connectivity index (χ0n) is 15.7. The molecule has 0 bridgehead atoms. The summed E-state index contributed by atoms with van der Waals surface area (Å²) < 4.78 is 17.8. The Morgan fingerprint density at radius 1 is 1.12 bits per heavy atom. The molecule has 4 nitrogen and oxygen atoms in total. The van der Waals surface area contributed by atoms with E-state index in [9.17, 15) is 0 Å². The van der Waals surface area contributed by atoms with E-state index in [4.69, 9.17) is 14.2 Å². The van der Waals surface area contributed by atoms with Crippen LogP contribution >= 0.6 is 0 Å². The number of anilines is 1. The molecule has 0 aliphatic carbocycles. The van der Waals surface area contributed by atoms with E-state index in [1.807, 2.05) is 42.5 Å². The van der Waals surface area contributed by atoms with Crippen molar-refractivity contribution >= 4 is 5.69 Å². The van der Waals surface area contributed by atoms with Crippen LogP contribution in [0.3, 0.4) is 0 Å². The second kappa shape index (κ2) is 9.48. The van der Waals surface area contributed by atoms with E-state index in [-0.39, 0.29) is 12.2 Å². The van der Waals surface area contributed by atoms with Crippen molar-refractivity contribution in [2.24, 2.45) is 0 Å². The first-order chi connectivity index (χ1) is 12.8. The van der Waals surface area contributed by atoms with E-state index in [0.29, 0.717) is 6.61 Å². The van der Waals surface area contributed by atoms with Gasteiger partial charge < -0.3 is 19.5 Å². The number of aryl methyl sites for hydroxylation is 1. The highest BCUT2D eigenvalue weighted by Crippen LogP contribution is 2.26. The molecule has 0 aromatic heterocycles. The molecule has 1 heterocycles. The standard InChI is InChI=1S/C22H29NO3/c1-3-18(26-21-12-6-4-9-17(21)2)15-23-20-11-5-7-13-22(20)25-16-19-10-8-14-24-19/h4-7,9,11-13,18-19,23H,3,8,10,14-16H2,1-2H3/t18-,19-/m1/s1. The fourth-order valence-electron chi connectivity index (χ4n) is 3.06. The Balaban J connectivity index is 1.56. The molecule has 2 aromatic rings. The third-order valence-corrected chi connectivity index (χ3v) is 4.70. The van der Waals surface area contributed by atoms with Crippen molar-refractivity contribution in [2.45, 2.75) is 45.3 Å². The van der Waals surface area contributed by atoms with E-state index in [1.165, 1.54) is 0 Å². The number of nitrogens with one attached hydrogen (secondary N) is 1. The lowest BCUT2D eigenvalue weighted by Gasteiger charge is -2.21. The maximum atomic E-state index is 6.17. The van der Waals surface area contributed by atoms with E-state index >= 15 is 0 Å². The molecule has 0 unspecified atom stereocenters. The SMILES string of the molecule is CC[C@H](CNc1ccccc1OC[C@H]1CCCO1)Oc1ccccc1C. The maximum Gasteiger partial charge on any atom is 0.142 e. The Hall–Kier alpha value is -2.20. The zero-order chi connectivity index (χ0) is 18.2. The second-order valence-electron chi connectivity index (χ2n) is 6.74. The minimum absolute atomic E-state index is 0.0994. The Morgan fingerprint density at radius 3 is 2.62 bits per heavy atom. The lowest BCUT2D eigenvalue weighted by Crippen LogP contribution is -2.26. The lowest BCUT2D eigenvalue weighted by atomic mass is 10.2. The van der Waals surface area contributed by atoms with Gasteiger partial charge in [0.05, 0.1) is 18.3 Å². The van der Waals surface area contributed by atoms with E-state index in [1.54, 1.807) is 0 Å². The quantitative estimate of drug-likeness (QED) is 0.700. The molecule has 0 radical (unpaired) electrons. The highest BCUT2D eigenvalue weighted by atomic mass is 16.5. The monoisotopic (exact) mass is 355 g/mol. The largest absolute Gasteiger partial charge is 0.489 e. The lowest BCUT2D eigenvalue weighted by molar-refractivity contribution is 0.0682. The van der Waals surface area contributed by atoms with Gasteiger partial charge in [0, 0.05) is 6.61 Å². The molecule has 0 saturated carbocycles. The predicted octanol–water partition coefficient (Wildman–Crippen LogP) is 4.82. The first-order valence-corrected chi connectivity index (χ1v) is 9.56. The van der Waals surface area contributed by atoms with Crippen molar-refractivity contribution in [3.63, 3.8) is 0 Å². The highest BCUT2D eigenvalue weighted by molar-refractivity contribution is 5.56. The molecule has 1 N–H and O–H groups in total. The smallest absolute Gasteiger partial charge is 0.142 e. The average Bonchev–Trinajstić information content (AvgIpc) is 3.19. The summed E-state index contributed by atoms with van der Waals surface area (Å²) in [5.41, 5.74) is 2.16. The van der Waals surface area contributed by atoms with Crippen LogP contribution in [-0.2, 0) is 4.74 Å². The highest BCUT2D eigenvalue weighted by Gasteiger charge is 2.17. The van der Waals surface area contributed by atoms with Crippen molar-refractivity contribution in [1.29, 1.82) is 0 Å². The molecule has 0 spiro atoms. The third-order valence-electron chi connectivity index (χ3n) is 4.70. The average molecular weight is 355 g/mol. The Bertz CT molecular complexity index is 683. The van der Waals surface area contributed by atoms with E-state index < -0.39 is 0 Å². The van der Waals surface area contributed by atoms with Gasteiger partial charge in [0.25, 0.3) is 0 Å². The number of rotatable bonds is 9. The molecule has 0 amide bonds. The summed E-state index contributed by atoms with van der Waals surface area (Å²) in [5, 5.41) is 3.49. The molecule has 3 rings (SSSR count). The van der Waals surface area contributed by atoms with Gasteiger partial charge >= 0.3 is 0 Å². The predicted molar refractivity (Wildman–Crippen MR) is 105 cm³/mol. The summed E-state index contributed by atoms with van der Waals surface area (Å²) in [4.78, 5) is 0. The summed E-state index contributed by atoms with van der Waals surface area (Å²) in [6.45, 7) is 6.40. The summed E-state index contributed by atoms with van der Waals surface area (Å²) in [6.07, 6.45) is 3.46. The number of para-hydroxylation sites is 3. The summed E-state index contributed by atoms with van der Waals surface area (Å²) in [6, 6.07) is 16.2. The van der Waals surface area contributed by atoms with Crippen LogP contribution in [0.15, 0.2) is 48.5 Å². The summed E-state index contributed by atoms with van der Waals surface area (Å²) in [5.74, 6) is 1.82. The van der Waals surface area contributed by atoms with E-state index in [0.717, 1.165) is 55.2 Å². The molecule has 26 heavy (non-hydrogen) atoms. The number of hydrogen-bond acceptors (Lipinski definition) is 4. The fourth-order valence-corrected chi connectivity index (χ4v) is 3.06. The van der Waals surface area contributed by atoms with Crippen molar-refractivity contribution in [1.82, 2.24) is 0 Å². The fraction of sp³-hybridized carbons (Fsp3) is 0.455. The van der Waals surface area contributed by atoms with Crippen LogP contribution < -0.4 is 14.8 Å². The minimum atomic E-state index is 0.0994. The van der Waals surface area contributed by atoms with Gasteiger partial charge in [-0.25, -0.2) is 0 Å². The van der Waals surface area contributed by atoms with Gasteiger partial charge in [0.15, 0.2) is 0 Å². The van der Waals surface area contributed by atoms with Crippen LogP contribution in [0, 0.1) is 6.92 Å². The number of hydrogen-bond donors (Lipinski definition) is 1. The molecule has 4 heteroatoms. The molecule has 140 valence electrons. The van der Waals surface area contributed by atoms with Crippen molar-refractivity contribution in [2.75, 3.05) is 25.1 Å². The third kappa shape index (κ3) is 5.15. The normalized spacial score (nSPS) is 17.7. The Kier molecular flexibility index (Phi) is 6.78. The maximum absolute atomic E-state index is 6.17. The summed E-state index contributed by atoms with van der Waals surface area (Å²) in [7, 11) is 0. The van der Waals surface area contributed by atoms with Crippen LogP contribution in [0.2, 0.25) is 0 Å². The van der Waals surface area contributed by atoms with Crippen LogP contribution in [0.25, 0.3) is 0 Å². The van der Waals surface area contributed by atoms with Gasteiger partial charge in [0.2, 0.25) is 0 Å². The van der Waals surface area contributed by atoms with E-state index in [2.05, 4.69) is 25.2 Å². The molecule has 1 aliphatic rings. The first kappa shape index (κ1) is 18.6. The zero-order valence-corrected chi connectivity index (χ0v) is 15.7. The molecule has 2 atom stereocenters. The molecule has 1 aliphatic heterocycles. The van der Waals surface area contributed by atoms with Gasteiger partial charge in [-0.1, -0.05) is 37.3 Å². The van der Waals surface area contributed by atoms with Crippen molar-refractivity contribution in [3.8, 4) is 11.5 Å². The molecule has 1 fully saturated rings. The topological polar surface area (TPSA) is 39.7 Å². The first-order valence-electron chi connectivity index (χ1n) is 9.56. The van der Waals surface area contributed by atoms with Gasteiger partial charge in [-0.05, 0) is 49.9 Å². The van der Waals surface area contributed by atoms with Crippen molar-refractivity contribution < 1.29 is 14.2 Å². The van der Waals surface area contributed by atoms with Gasteiger partial charge in [-0.3, -0.25) is 0 Å². The number of benzene rings is 2. The van der Waals surface area contributed by atoms with Crippen molar-refractivity contribution in [3.05, 3.63) is 54.1 Å². The molecule has 1 saturated heterocycles. The number of ether oxygens (including phenoxy) is 3. The Labute approximate surface area is 156 Å². The Morgan fingerprint density at radius 2 is 1.88 bits per heavy atom. The second-order valence-corrected chi connectivity index (χ2v) is 6.74. The van der Waals surface area contributed by atoms with Crippen LogP contribution in [-0.4, -0.2) is 32.0 Å². The summed E-state index contributed by atoms with van der Waals surface area (Å²) >= 11 is 0. The van der Waals surface area contributed by atoms with Gasteiger partial charge in [-0.2, -0.15) is 0 Å².